The molecule has 1 amide bonds. The standard InChI is InChI=1S/C14H22N2O3/c1-11(9-18-2)16-14(17)10-19-13-6-4-3-5-12(13)7-8-15/h3-6,11H,7-10,15H2,1-2H3,(H,16,17). The van der Waals surface area contributed by atoms with E-state index in [0.717, 1.165) is 12.0 Å². The van der Waals surface area contributed by atoms with Crippen molar-refractivity contribution in [3.63, 3.8) is 0 Å². The van der Waals surface area contributed by atoms with Crippen LogP contribution in [0.25, 0.3) is 0 Å². The number of nitrogens with one attached hydrogen (secondary N) is 1. The number of nitrogens with two attached hydrogens (primary N) is 1. The largest absolute Gasteiger partial charge is 0.483 e. The minimum atomic E-state index is -0.160. The molecule has 19 heavy (non-hydrogen) atoms. The molecule has 5 nitrogen and oxygen atoms in total. The van der Waals surface area contributed by atoms with Crippen LogP contribution < -0.4 is 15.8 Å². The number of methoxy groups -OCH3 is 1. The number of benzene rings is 1. The first-order valence-corrected chi connectivity index (χ1v) is 6.36. The highest BCUT2D eigenvalue weighted by Crippen LogP contribution is 2.17. The van der Waals surface area contributed by atoms with Crippen LogP contribution in [0.1, 0.15) is 12.5 Å². The van der Waals surface area contributed by atoms with E-state index in [-0.39, 0.29) is 18.6 Å². The predicted molar refractivity (Wildman–Crippen MR) is 74.2 cm³/mol. The second-order valence-electron chi connectivity index (χ2n) is 4.36. The van der Waals surface area contributed by atoms with E-state index in [1.165, 1.54) is 0 Å². The highest BCUT2D eigenvalue weighted by molar-refractivity contribution is 5.77. The Balaban J connectivity index is 2.45. The predicted octanol–water partition coefficient (Wildman–Crippen LogP) is 0.718. The molecule has 3 N–H and O–H groups in total. The first-order chi connectivity index (χ1) is 9.17. The van der Waals surface area contributed by atoms with Gasteiger partial charge in [-0.1, -0.05) is 18.2 Å². The van der Waals surface area contributed by atoms with Gasteiger partial charge in [0.05, 0.1) is 6.61 Å². The van der Waals surface area contributed by atoms with Gasteiger partial charge in [0.2, 0.25) is 0 Å². The molecule has 0 aliphatic carbocycles. The molecule has 0 heterocycles. The van der Waals surface area contributed by atoms with Gasteiger partial charge in [-0.2, -0.15) is 0 Å². The molecule has 1 aromatic carbocycles. The second-order valence-corrected chi connectivity index (χ2v) is 4.36. The lowest BCUT2D eigenvalue weighted by Crippen LogP contribution is -2.38. The lowest BCUT2D eigenvalue weighted by molar-refractivity contribution is -0.124. The van der Waals surface area contributed by atoms with Gasteiger partial charge in [-0.05, 0) is 31.5 Å². The normalized spacial score (nSPS) is 11.9. The second kappa shape index (κ2) is 8.50. The Morgan fingerprint density at radius 3 is 2.84 bits per heavy atom. The minimum Gasteiger partial charge on any atom is -0.483 e. The number of carbonyl (C=O) groups excluding carboxylic acids is 1. The molecule has 1 rings (SSSR count). The fourth-order valence-corrected chi connectivity index (χ4v) is 1.76. The summed E-state index contributed by atoms with van der Waals surface area (Å²) < 4.78 is 10.5. The van der Waals surface area contributed by atoms with E-state index in [4.69, 9.17) is 15.2 Å². The molecule has 0 fully saturated rings. The number of carbonyl (C=O) groups is 1. The summed E-state index contributed by atoms with van der Waals surface area (Å²) in [5.41, 5.74) is 6.55. The van der Waals surface area contributed by atoms with Crippen molar-refractivity contribution in [2.45, 2.75) is 19.4 Å². The Bertz CT molecular complexity index is 396. The average molecular weight is 266 g/mol. The van der Waals surface area contributed by atoms with E-state index in [9.17, 15) is 4.79 Å². The zero-order valence-electron chi connectivity index (χ0n) is 11.5. The third-order valence-electron chi connectivity index (χ3n) is 2.57. The highest BCUT2D eigenvalue weighted by atomic mass is 16.5. The summed E-state index contributed by atoms with van der Waals surface area (Å²) >= 11 is 0. The van der Waals surface area contributed by atoms with Crippen molar-refractivity contribution in [1.29, 1.82) is 0 Å². The van der Waals surface area contributed by atoms with Crippen molar-refractivity contribution < 1.29 is 14.3 Å². The van der Waals surface area contributed by atoms with Crippen LogP contribution >= 0.6 is 0 Å². The van der Waals surface area contributed by atoms with Gasteiger partial charge >= 0.3 is 0 Å². The first kappa shape index (κ1) is 15.5. The van der Waals surface area contributed by atoms with Gasteiger partial charge in [0.15, 0.2) is 6.61 Å². The molecule has 1 aromatic rings. The van der Waals surface area contributed by atoms with E-state index in [0.29, 0.717) is 18.9 Å². The van der Waals surface area contributed by atoms with Crippen LogP contribution in [0.4, 0.5) is 0 Å². The van der Waals surface area contributed by atoms with E-state index in [2.05, 4.69) is 5.32 Å². The number of para-hydroxylation sites is 1. The molecule has 0 aliphatic rings. The van der Waals surface area contributed by atoms with Crippen LogP contribution in [-0.4, -0.2) is 38.8 Å². The van der Waals surface area contributed by atoms with E-state index in [1.54, 1.807) is 7.11 Å². The van der Waals surface area contributed by atoms with Gasteiger partial charge in [-0.15, -0.1) is 0 Å². The fraction of sp³-hybridized carbons (Fsp3) is 0.500. The molecule has 0 aromatic heterocycles. The molecule has 0 spiro atoms. The maximum absolute atomic E-state index is 11.7. The summed E-state index contributed by atoms with van der Waals surface area (Å²) in [4.78, 5) is 11.7. The Morgan fingerprint density at radius 1 is 1.42 bits per heavy atom. The molecular formula is C14H22N2O3. The Labute approximate surface area is 114 Å². The van der Waals surface area contributed by atoms with Crippen LogP contribution in [0.15, 0.2) is 24.3 Å². The number of ether oxygens (including phenoxy) is 2. The molecule has 0 radical (unpaired) electrons. The topological polar surface area (TPSA) is 73.6 Å². The molecule has 0 saturated carbocycles. The van der Waals surface area contributed by atoms with Crippen LogP contribution in [-0.2, 0) is 16.0 Å². The van der Waals surface area contributed by atoms with Crippen LogP contribution in [0.2, 0.25) is 0 Å². The zero-order valence-corrected chi connectivity index (χ0v) is 11.5. The van der Waals surface area contributed by atoms with Gasteiger partial charge in [-0.25, -0.2) is 0 Å². The van der Waals surface area contributed by atoms with Crippen molar-refractivity contribution in [2.75, 3.05) is 26.9 Å². The Hall–Kier alpha value is -1.59. The lowest BCUT2D eigenvalue weighted by atomic mass is 10.1. The van der Waals surface area contributed by atoms with Crippen LogP contribution in [0.5, 0.6) is 5.75 Å². The van der Waals surface area contributed by atoms with Crippen molar-refractivity contribution >= 4 is 5.91 Å². The highest BCUT2D eigenvalue weighted by Gasteiger charge is 2.09. The molecule has 0 aliphatic heterocycles. The Morgan fingerprint density at radius 2 is 2.16 bits per heavy atom. The quantitative estimate of drug-likeness (QED) is 0.727. The van der Waals surface area contributed by atoms with Gasteiger partial charge < -0.3 is 20.5 Å². The number of hydrogen-bond acceptors (Lipinski definition) is 4. The number of rotatable bonds is 8. The van der Waals surface area contributed by atoms with Gasteiger partial charge in [-0.3, -0.25) is 4.79 Å². The van der Waals surface area contributed by atoms with E-state index < -0.39 is 0 Å². The summed E-state index contributed by atoms with van der Waals surface area (Å²) in [6.45, 7) is 2.91. The Kier molecular flexibility index (Phi) is 6.92. The van der Waals surface area contributed by atoms with Crippen molar-refractivity contribution in [3.8, 4) is 5.75 Å². The van der Waals surface area contributed by atoms with Crippen LogP contribution in [0.3, 0.4) is 0 Å². The fourth-order valence-electron chi connectivity index (χ4n) is 1.76. The average Bonchev–Trinajstić information content (AvgIpc) is 2.38. The number of hydrogen-bond donors (Lipinski definition) is 2. The van der Waals surface area contributed by atoms with E-state index >= 15 is 0 Å². The smallest absolute Gasteiger partial charge is 0.258 e. The molecule has 106 valence electrons. The van der Waals surface area contributed by atoms with Gasteiger partial charge in [0.25, 0.3) is 5.91 Å². The first-order valence-electron chi connectivity index (χ1n) is 6.36. The molecule has 0 bridgehead atoms. The van der Waals surface area contributed by atoms with Crippen LogP contribution in [0, 0.1) is 0 Å². The van der Waals surface area contributed by atoms with Crippen molar-refractivity contribution in [3.05, 3.63) is 29.8 Å². The molecule has 1 atom stereocenters. The third kappa shape index (κ3) is 5.72. The molecule has 5 heteroatoms. The third-order valence-corrected chi connectivity index (χ3v) is 2.57. The molecule has 1 unspecified atom stereocenters. The van der Waals surface area contributed by atoms with Gasteiger partial charge in [0, 0.05) is 13.2 Å². The zero-order chi connectivity index (χ0) is 14.1. The summed E-state index contributed by atoms with van der Waals surface area (Å²) in [5.74, 6) is 0.551. The lowest BCUT2D eigenvalue weighted by Gasteiger charge is -2.14. The summed E-state index contributed by atoms with van der Waals surface area (Å²) in [6, 6.07) is 7.57. The minimum absolute atomic E-state index is 0.00433. The van der Waals surface area contributed by atoms with Crippen molar-refractivity contribution in [2.24, 2.45) is 5.73 Å². The monoisotopic (exact) mass is 266 g/mol. The molecular weight excluding hydrogens is 244 g/mol. The summed E-state index contributed by atoms with van der Waals surface area (Å²) in [7, 11) is 1.60. The van der Waals surface area contributed by atoms with Gasteiger partial charge in [0.1, 0.15) is 5.75 Å². The number of amides is 1. The summed E-state index contributed by atoms with van der Waals surface area (Å²) in [5, 5.41) is 2.79. The maximum atomic E-state index is 11.7. The van der Waals surface area contributed by atoms with Crippen molar-refractivity contribution in [1.82, 2.24) is 5.32 Å². The molecule has 0 saturated heterocycles. The maximum Gasteiger partial charge on any atom is 0.258 e. The summed E-state index contributed by atoms with van der Waals surface area (Å²) in [6.07, 6.45) is 0.734. The van der Waals surface area contributed by atoms with E-state index in [1.807, 2.05) is 31.2 Å². The SMILES string of the molecule is COCC(C)NC(=O)COc1ccccc1CCN.